The molecule has 0 saturated carbocycles. The maximum Gasteiger partial charge on any atom is 0.227 e. The molecule has 0 bridgehead atoms. The number of piperidine rings is 1. The van der Waals surface area contributed by atoms with Gasteiger partial charge in [0, 0.05) is 30.7 Å². The fraction of sp³-hybridized carbons (Fsp3) is 0.533. The number of fused-ring (bicyclic) bond motifs is 1. The van der Waals surface area contributed by atoms with Crippen LogP contribution >= 0.6 is 11.6 Å². The van der Waals surface area contributed by atoms with E-state index in [1.54, 1.807) is 11.0 Å². The van der Waals surface area contributed by atoms with Crippen LogP contribution in [-0.4, -0.2) is 55.5 Å². The van der Waals surface area contributed by atoms with Gasteiger partial charge in [0.25, 0.3) is 0 Å². The Balaban J connectivity index is 1.66. The molecule has 2 aliphatic rings. The van der Waals surface area contributed by atoms with Crippen LogP contribution in [0.15, 0.2) is 24.3 Å². The van der Waals surface area contributed by atoms with Crippen LogP contribution in [0, 0.1) is 5.92 Å². The summed E-state index contributed by atoms with van der Waals surface area (Å²) < 4.78 is 24.9. The Bertz CT molecular complexity index is 692. The van der Waals surface area contributed by atoms with Crippen molar-refractivity contribution in [1.29, 1.82) is 0 Å². The van der Waals surface area contributed by atoms with Gasteiger partial charge in [-0.3, -0.25) is 4.79 Å². The molecule has 0 spiro atoms. The highest BCUT2D eigenvalue weighted by molar-refractivity contribution is 7.88. The van der Waals surface area contributed by atoms with Gasteiger partial charge in [-0.15, -0.1) is 0 Å². The number of hydrogen-bond donors (Lipinski definition) is 0. The fourth-order valence-electron chi connectivity index (χ4n) is 3.27. The third kappa shape index (κ3) is 3.00. The number of hydrogen-bond acceptors (Lipinski definition) is 3. The standard InChI is InChI=1S/C15H19ClN2O3S/c1-22(20,21)18-9-12-6-7-17(10-14(12)18)15(19)8-11-4-2-3-5-13(11)16/h2-5,12,14H,6-10H2,1H3/t12-,14-/m1/s1. The van der Waals surface area contributed by atoms with Crippen molar-refractivity contribution in [3.63, 3.8) is 0 Å². The van der Waals surface area contributed by atoms with E-state index in [4.69, 9.17) is 11.6 Å². The molecule has 5 nitrogen and oxygen atoms in total. The highest BCUT2D eigenvalue weighted by Crippen LogP contribution is 2.34. The summed E-state index contributed by atoms with van der Waals surface area (Å²) in [5.74, 6) is 0.394. The third-order valence-electron chi connectivity index (χ3n) is 4.58. The van der Waals surface area contributed by atoms with E-state index in [0.29, 0.717) is 30.6 Å². The summed E-state index contributed by atoms with van der Waals surface area (Å²) in [6.45, 7) is 1.78. The van der Waals surface area contributed by atoms with Gasteiger partial charge in [-0.1, -0.05) is 29.8 Å². The summed E-state index contributed by atoms with van der Waals surface area (Å²) in [6, 6.07) is 7.25. The molecule has 7 heteroatoms. The molecule has 2 aliphatic heterocycles. The van der Waals surface area contributed by atoms with E-state index in [9.17, 15) is 13.2 Å². The number of sulfonamides is 1. The number of amides is 1. The Morgan fingerprint density at radius 2 is 2.05 bits per heavy atom. The zero-order chi connectivity index (χ0) is 15.9. The van der Waals surface area contributed by atoms with Gasteiger partial charge < -0.3 is 4.90 Å². The Morgan fingerprint density at radius 3 is 2.73 bits per heavy atom. The average molecular weight is 343 g/mol. The molecule has 1 amide bonds. The molecule has 120 valence electrons. The number of benzene rings is 1. The van der Waals surface area contributed by atoms with Crippen molar-refractivity contribution in [2.45, 2.75) is 18.9 Å². The average Bonchev–Trinajstić information content (AvgIpc) is 2.41. The lowest BCUT2D eigenvalue weighted by molar-refractivity contribution is -0.135. The van der Waals surface area contributed by atoms with Crippen LogP contribution < -0.4 is 0 Å². The van der Waals surface area contributed by atoms with Crippen molar-refractivity contribution < 1.29 is 13.2 Å². The number of halogens is 1. The third-order valence-corrected chi connectivity index (χ3v) is 6.22. The minimum absolute atomic E-state index is 0.00639. The molecule has 3 rings (SSSR count). The van der Waals surface area contributed by atoms with Crippen molar-refractivity contribution in [2.24, 2.45) is 5.92 Å². The molecule has 0 N–H and O–H groups in total. The molecule has 0 unspecified atom stereocenters. The van der Waals surface area contributed by atoms with Gasteiger partial charge in [0.05, 0.1) is 12.7 Å². The first kappa shape index (κ1) is 15.8. The van der Waals surface area contributed by atoms with Crippen LogP contribution in [0.3, 0.4) is 0 Å². The molecule has 0 aliphatic carbocycles. The Hall–Kier alpha value is -1.11. The van der Waals surface area contributed by atoms with Crippen molar-refractivity contribution in [2.75, 3.05) is 25.9 Å². The van der Waals surface area contributed by atoms with E-state index >= 15 is 0 Å². The maximum absolute atomic E-state index is 12.5. The lowest BCUT2D eigenvalue weighted by Crippen LogP contribution is -2.66. The SMILES string of the molecule is CS(=O)(=O)N1C[C@H]2CCN(C(=O)Cc3ccccc3Cl)C[C@H]21. The van der Waals surface area contributed by atoms with Crippen LogP contribution in [0.2, 0.25) is 5.02 Å². The number of carbonyl (C=O) groups is 1. The van der Waals surface area contributed by atoms with Gasteiger partial charge >= 0.3 is 0 Å². The van der Waals surface area contributed by atoms with E-state index < -0.39 is 10.0 Å². The van der Waals surface area contributed by atoms with Gasteiger partial charge in [-0.05, 0) is 24.0 Å². The van der Waals surface area contributed by atoms with Crippen LogP contribution in [-0.2, 0) is 21.2 Å². The molecule has 2 saturated heterocycles. The second kappa shape index (κ2) is 5.83. The second-order valence-corrected chi connectivity index (χ2v) is 8.40. The quantitative estimate of drug-likeness (QED) is 0.833. The van der Waals surface area contributed by atoms with E-state index in [-0.39, 0.29) is 18.4 Å². The molecule has 2 fully saturated rings. The molecule has 1 aromatic carbocycles. The van der Waals surface area contributed by atoms with Crippen LogP contribution in [0.1, 0.15) is 12.0 Å². The molecular weight excluding hydrogens is 324 g/mol. The largest absolute Gasteiger partial charge is 0.341 e. The van der Waals surface area contributed by atoms with Gasteiger partial charge in [-0.2, -0.15) is 4.31 Å². The van der Waals surface area contributed by atoms with E-state index in [1.807, 2.05) is 18.2 Å². The molecule has 1 aromatic rings. The summed E-state index contributed by atoms with van der Waals surface area (Å²) in [5.41, 5.74) is 0.810. The van der Waals surface area contributed by atoms with E-state index in [1.165, 1.54) is 10.6 Å². The lowest BCUT2D eigenvalue weighted by Gasteiger charge is -2.51. The predicted octanol–water partition coefficient (Wildman–Crippen LogP) is 1.37. The number of carbonyl (C=O) groups excluding carboxylic acids is 1. The number of rotatable bonds is 3. The predicted molar refractivity (Wildman–Crippen MR) is 85.2 cm³/mol. The maximum atomic E-state index is 12.5. The monoisotopic (exact) mass is 342 g/mol. The van der Waals surface area contributed by atoms with Gasteiger partial charge in [0.2, 0.25) is 15.9 Å². The minimum atomic E-state index is -3.18. The molecule has 2 atom stereocenters. The first-order chi connectivity index (χ1) is 10.4. The summed E-state index contributed by atoms with van der Waals surface area (Å²) in [4.78, 5) is 14.2. The molecule has 2 heterocycles. The van der Waals surface area contributed by atoms with Crippen molar-refractivity contribution in [3.8, 4) is 0 Å². The van der Waals surface area contributed by atoms with E-state index in [2.05, 4.69) is 0 Å². The summed E-state index contributed by atoms with van der Waals surface area (Å²) in [5, 5.41) is 0.590. The number of nitrogens with zero attached hydrogens (tertiary/aromatic N) is 2. The van der Waals surface area contributed by atoms with Gasteiger partial charge in [-0.25, -0.2) is 8.42 Å². The summed E-state index contributed by atoms with van der Waals surface area (Å²) in [7, 11) is -3.18. The number of likely N-dealkylation sites (tertiary alicyclic amines) is 1. The smallest absolute Gasteiger partial charge is 0.227 e. The Kier molecular flexibility index (Phi) is 4.18. The fourth-order valence-corrected chi connectivity index (χ4v) is 4.67. The molecular formula is C15H19ClN2O3S. The zero-order valence-corrected chi connectivity index (χ0v) is 14.0. The topological polar surface area (TPSA) is 57.7 Å². The summed E-state index contributed by atoms with van der Waals surface area (Å²) in [6.07, 6.45) is 2.36. The zero-order valence-electron chi connectivity index (χ0n) is 12.4. The summed E-state index contributed by atoms with van der Waals surface area (Å²) >= 11 is 6.09. The Labute approximate surface area is 135 Å². The van der Waals surface area contributed by atoms with Gasteiger partial charge in [0.15, 0.2) is 0 Å². The van der Waals surface area contributed by atoms with Crippen molar-refractivity contribution in [3.05, 3.63) is 34.9 Å². The second-order valence-electron chi connectivity index (χ2n) is 6.06. The van der Waals surface area contributed by atoms with Crippen LogP contribution in [0.25, 0.3) is 0 Å². The molecule has 22 heavy (non-hydrogen) atoms. The minimum Gasteiger partial charge on any atom is -0.341 e. The first-order valence-corrected chi connectivity index (χ1v) is 9.57. The highest BCUT2D eigenvalue weighted by Gasteiger charge is 2.47. The highest BCUT2D eigenvalue weighted by atomic mass is 35.5. The normalized spacial score (nSPS) is 25.5. The molecule has 0 radical (unpaired) electrons. The van der Waals surface area contributed by atoms with Crippen LogP contribution in [0.4, 0.5) is 0 Å². The first-order valence-electron chi connectivity index (χ1n) is 7.34. The van der Waals surface area contributed by atoms with E-state index in [0.717, 1.165) is 12.0 Å². The van der Waals surface area contributed by atoms with Crippen molar-refractivity contribution >= 4 is 27.5 Å². The van der Waals surface area contributed by atoms with Gasteiger partial charge in [0.1, 0.15) is 0 Å². The van der Waals surface area contributed by atoms with Crippen molar-refractivity contribution in [1.82, 2.24) is 9.21 Å². The van der Waals surface area contributed by atoms with Crippen LogP contribution in [0.5, 0.6) is 0 Å². The molecule has 0 aromatic heterocycles. The Morgan fingerprint density at radius 1 is 1.32 bits per heavy atom. The lowest BCUT2D eigenvalue weighted by atomic mass is 9.84.